The summed E-state index contributed by atoms with van der Waals surface area (Å²) in [6, 6.07) is 0. The van der Waals surface area contributed by atoms with Crippen molar-refractivity contribution in [2.75, 3.05) is 14.2 Å². The predicted molar refractivity (Wildman–Crippen MR) is 30.5 cm³/mol. The molecule has 1 rings (SSSR count). The molecule has 0 radical (unpaired) electrons. The van der Waals surface area contributed by atoms with Gasteiger partial charge in [-0.1, -0.05) is 6.08 Å². The van der Waals surface area contributed by atoms with Gasteiger partial charge in [-0.3, -0.25) is 0 Å². The largest absolute Gasteiger partial charge is 0.349 e. The Hall–Kier alpha value is -0.340. The van der Waals surface area contributed by atoms with Crippen molar-refractivity contribution in [1.82, 2.24) is 0 Å². The predicted octanol–water partition coefficient (Wildman–Crippen LogP) is 0.935. The maximum Gasteiger partial charge on any atom is 0.190 e. The fourth-order valence-electron chi connectivity index (χ4n) is 0.696. The average Bonchev–Trinajstić information content (AvgIpc) is 1.67. The van der Waals surface area contributed by atoms with Crippen LogP contribution in [0, 0.1) is 0 Å². The first-order valence-corrected chi connectivity index (χ1v) is 2.61. The molecule has 0 heterocycles. The van der Waals surface area contributed by atoms with E-state index in [-0.39, 0.29) is 5.79 Å². The summed E-state index contributed by atoms with van der Waals surface area (Å²) in [5.74, 6) is -0.375. The molecule has 0 saturated heterocycles. The molecule has 8 heavy (non-hydrogen) atoms. The van der Waals surface area contributed by atoms with Gasteiger partial charge in [-0.25, -0.2) is 0 Å². The van der Waals surface area contributed by atoms with E-state index in [2.05, 4.69) is 0 Å². The second-order valence-electron chi connectivity index (χ2n) is 1.83. The van der Waals surface area contributed by atoms with Gasteiger partial charge in [0.25, 0.3) is 0 Å². The summed E-state index contributed by atoms with van der Waals surface area (Å²) < 4.78 is 10.0. The van der Waals surface area contributed by atoms with Crippen molar-refractivity contribution in [3.63, 3.8) is 0 Å². The van der Waals surface area contributed by atoms with Crippen LogP contribution in [0.25, 0.3) is 0 Å². The molecule has 0 saturated carbocycles. The van der Waals surface area contributed by atoms with Gasteiger partial charge in [0, 0.05) is 20.6 Å². The normalized spacial score (nSPS) is 22.8. The minimum absolute atomic E-state index is 0.375. The Morgan fingerprint density at radius 3 is 1.88 bits per heavy atom. The Bertz CT molecular complexity index is 103. The fourth-order valence-corrected chi connectivity index (χ4v) is 0.696. The first kappa shape index (κ1) is 5.79. The Kier molecular flexibility index (Phi) is 1.36. The van der Waals surface area contributed by atoms with Gasteiger partial charge in [-0.05, 0) is 6.08 Å². The van der Waals surface area contributed by atoms with Crippen LogP contribution < -0.4 is 0 Å². The first-order chi connectivity index (χ1) is 3.83. The summed E-state index contributed by atoms with van der Waals surface area (Å²) >= 11 is 0. The number of ether oxygens (including phenoxy) is 2. The quantitative estimate of drug-likeness (QED) is 0.393. The third-order valence-corrected chi connectivity index (χ3v) is 1.47. The van der Waals surface area contributed by atoms with Crippen molar-refractivity contribution < 1.29 is 9.47 Å². The highest BCUT2D eigenvalue weighted by atomic mass is 16.7. The summed E-state index contributed by atoms with van der Waals surface area (Å²) in [5.41, 5.74) is 0. The van der Waals surface area contributed by atoms with Crippen LogP contribution >= 0.6 is 0 Å². The lowest BCUT2D eigenvalue weighted by atomic mass is 10.0. The molecule has 0 fully saturated rings. The van der Waals surface area contributed by atoms with Crippen molar-refractivity contribution in [2.45, 2.75) is 12.2 Å². The zero-order chi connectivity index (χ0) is 6.04. The third kappa shape index (κ3) is 0.659. The summed E-state index contributed by atoms with van der Waals surface area (Å²) in [5, 5.41) is 0. The minimum Gasteiger partial charge on any atom is -0.349 e. The molecule has 0 aromatic heterocycles. The Balaban J connectivity index is 2.48. The van der Waals surface area contributed by atoms with Gasteiger partial charge in [0.1, 0.15) is 0 Å². The van der Waals surface area contributed by atoms with Crippen molar-refractivity contribution in [1.29, 1.82) is 0 Å². The highest BCUT2D eigenvalue weighted by Crippen LogP contribution is 2.26. The van der Waals surface area contributed by atoms with Gasteiger partial charge in [-0.2, -0.15) is 0 Å². The number of hydrogen-bond donors (Lipinski definition) is 0. The zero-order valence-electron chi connectivity index (χ0n) is 5.18. The van der Waals surface area contributed by atoms with Gasteiger partial charge in [-0.15, -0.1) is 0 Å². The molecule has 0 amide bonds. The van der Waals surface area contributed by atoms with E-state index in [1.54, 1.807) is 14.2 Å². The van der Waals surface area contributed by atoms with E-state index in [0.29, 0.717) is 0 Å². The standard InChI is InChI=1S/C6H10O2/c1-7-6(8-2)4-3-5-6/h3-4H,5H2,1-2H3. The SMILES string of the molecule is COC1(OC)C=CC1. The molecule has 1 aliphatic carbocycles. The van der Waals surface area contributed by atoms with Crippen LogP contribution in [0.4, 0.5) is 0 Å². The third-order valence-electron chi connectivity index (χ3n) is 1.47. The van der Waals surface area contributed by atoms with Crippen LogP contribution in [0.1, 0.15) is 6.42 Å². The molecule has 0 aliphatic heterocycles. The molecule has 0 aromatic carbocycles. The molecule has 2 heteroatoms. The lowest BCUT2D eigenvalue weighted by molar-refractivity contribution is -0.178. The maximum atomic E-state index is 5.01. The number of methoxy groups -OCH3 is 2. The van der Waals surface area contributed by atoms with Gasteiger partial charge in [0.05, 0.1) is 0 Å². The molecule has 1 aliphatic rings. The topological polar surface area (TPSA) is 18.5 Å². The second-order valence-corrected chi connectivity index (χ2v) is 1.83. The summed E-state index contributed by atoms with van der Waals surface area (Å²) in [6.07, 6.45) is 4.81. The molecular formula is C6H10O2. The van der Waals surface area contributed by atoms with E-state index in [4.69, 9.17) is 9.47 Å². The van der Waals surface area contributed by atoms with Crippen molar-refractivity contribution in [3.8, 4) is 0 Å². The van der Waals surface area contributed by atoms with Crippen LogP contribution in [0.5, 0.6) is 0 Å². The monoisotopic (exact) mass is 114 g/mol. The van der Waals surface area contributed by atoms with Crippen LogP contribution in [-0.2, 0) is 9.47 Å². The molecule has 0 spiro atoms. The second kappa shape index (κ2) is 1.88. The molecule has 0 atom stereocenters. The molecule has 0 bridgehead atoms. The minimum atomic E-state index is -0.375. The lowest BCUT2D eigenvalue weighted by Gasteiger charge is -2.31. The molecule has 2 nitrogen and oxygen atoms in total. The Morgan fingerprint density at radius 1 is 1.38 bits per heavy atom. The van der Waals surface area contributed by atoms with E-state index < -0.39 is 0 Å². The molecule has 0 N–H and O–H groups in total. The van der Waals surface area contributed by atoms with Crippen LogP contribution in [0.15, 0.2) is 12.2 Å². The fraction of sp³-hybridized carbons (Fsp3) is 0.667. The summed E-state index contributed by atoms with van der Waals surface area (Å²) in [4.78, 5) is 0. The first-order valence-electron chi connectivity index (χ1n) is 2.61. The van der Waals surface area contributed by atoms with E-state index in [9.17, 15) is 0 Å². The molecule has 0 aromatic rings. The van der Waals surface area contributed by atoms with E-state index in [1.165, 1.54) is 0 Å². The average molecular weight is 114 g/mol. The smallest absolute Gasteiger partial charge is 0.190 e. The molecule has 0 unspecified atom stereocenters. The van der Waals surface area contributed by atoms with Crippen molar-refractivity contribution >= 4 is 0 Å². The van der Waals surface area contributed by atoms with Crippen LogP contribution in [0.2, 0.25) is 0 Å². The van der Waals surface area contributed by atoms with Crippen LogP contribution in [0.3, 0.4) is 0 Å². The van der Waals surface area contributed by atoms with Gasteiger partial charge in [0.15, 0.2) is 5.79 Å². The number of hydrogen-bond acceptors (Lipinski definition) is 2. The van der Waals surface area contributed by atoms with E-state index in [1.807, 2.05) is 12.2 Å². The van der Waals surface area contributed by atoms with Crippen molar-refractivity contribution in [3.05, 3.63) is 12.2 Å². The van der Waals surface area contributed by atoms with Crippen molar-refractivity contribution in [2.24, 2.45) is 0 Å². The summed E-state index contributed by atoms with van der Waals surface area (Å²) in [6.45, 7) is 0. The van der Waals surface area contributed by atoms with Gasteiger partial charge >= 0.3 is 0 Å². The number of rotatable bonds is 2. The van der Waals surface area contributed by atoms with Gasteiger partial charge in [0.2, 0.25) is 0 Å². The highest BCUT2D eigenvalue weighted by Gasteiger charge is 2.30. The summed E-state index contributed by atoms with van der Waals surface area (Å²) in [7, 11) is 3.29. The molecule has 46 valence electrons. The Labute approximate surface area is 49.1 Å². The lowest BCUT2D eigenvalue weighted by Crippen LogP contribution is -2.35. The van der Waals surface area contributed by atoms with E-state index in [0.717, 1.165) is 6.42 Å². The van der Waals surface area contributed by atoms with E-state index >= 15 is 0 Å². The molecular weight excluding hydrogens is 104 g/mol. The highest BCUT2D eigenvalue weighted by molar-refractivity contribution is 5.10. The maximum absolute atomic E-state index is 5.01. The zero-order valence-corrected chi connectivity index (χ0v) is 5.18. The van der Waals surface area contributed by atoms with Gasteiger partial charge < -0.3 is 9.47 Å². The van der Waals surface area contributed by atoms with Crippen LogP contribution in [-0.4, -0.2) is 20.0 Å². The Morgan fingerprint density at radius 2 is 1.88 bits per heavy atom.